The van der Waals surface area contributed by atoms with Crippen molar-refractivity contribution >= 4 is 0 Å². The van der Waals surface area contributed by atoms with Crippen LogP contribution in [-0.2, 0) is 6.42 Å². The first-order chi connectivity index (χ1) is 9.80. The third-order valence-corrected chi connectivity index (χ3v) is 4.15. The highest BCUT2D eigenvalue weighted by atomic mass is 16.5. The van der Waals surface area contributed by atoms with Crippen LogP contribution in [0.2, 0.25) is 0 Å². The van der Waals surface area contributed by atoms with Gasteiger partial charge in [-0.25, -0.2) is 0 Å². The molecule has 1 heterocycles. The number of ether oxygens (including phenoxy) is 1. The predicted octanol–water partition coefficient (Wildman–Crippen LogP) is 3.17. The monoisotopic (exact) mass is 277 g/mol. The molecule has 1 N–H and O–H groups in total. The van der Waals surface area contributed by atoms with Crippen LogP contribution in [0.1, 0.15) is 50.3 Å². The molecule has 0 aromatic heterocycles. The molecule has 1 aliphatic rings. The molecule has 1 aliphatic heterocycles. The largest absolute Gasteiger partial charge is 0.494 e. The molecule has 20 heavy (non-hydrogen) atoms. The van der Waals surface area contributed by atoms with Crippen LogP contribution in [0.3, 0.4) is 0 Å². The molecule has 3 heteroatoms. The molecular formula is C17H27NO2. The number of likely N-dealkylation sites (tertiary alicyclic amines) is 1. The number of aliphatic hydroxyl groups is 1. The molecule has 1 saturated heterocycles. The second-order valence-electron chi connectivity index (χ2n) is 5.42. The molecule has 1 atom stereocenters. The Morgan fingerprint density at radius 2 is 2.00 bits per heavy atom. The van der Waals surface area contributed by atoms with Gasteiger partial charge in [-0.3, -0.25) is 4.90 Å². The first kappa shape index (κ1) is 15.3. The Labute approximate surface area is 122 Å². The molecular weight excluding hydrogens is 250 g/mol. The van der Waals surface area contributed by atoms with Crippen LogP contribution in [0.5, 0.6) is 5.75 Å². The lowest BCUT2D eigenvalue weighted by Crippen LogP contribution is -2.27. The van der Waals surface area contributed by atoms with Crippen LogP contribution in [0.25, 0.3) is 0 Å². The molecule has 1 aromatic rings. The Hall–Kier alpha value is -1.06. The average molecular weight is 277 g/mol. The molecule has 1 aromatic carbocycles. The van der Waals surface area contributed by atoms with Gasteiger partial charge in [-0.15, -0.1) is 0 Å². The number of aryl methyl sites for hydroxylation is 1. The SMILES string of the molecule is CCOc1ccc(C(CCO)N2CCCC2)c(CC)c1. The van der Waals surface area contributed by atoms with Crippen LogP contribution in [-0.4, -0.2) is 36.3 Å². The van der Waals surface area contributed by atoms with Crippen molar-refractivity contribution in [3.63, 3.8) is 0 Å². The third kappa shape index (κ3) is 3.53. The summed E-state index contributed by atoms with van der Waals surface area (Å²) in [7, 11) is 0. The van der Waals surface area contributed by atoms with Gasteiger partial charge in [0.05, 0.1) is 6.61 Å². The van der Waals surface area contributed by atoms with E-state index >= 15 is 0 Å². The molecule has 0 bridgehead atoms. The van der Waals surface area contributed by atoms with E-state index in [1.54, 1.807) is 0 Å². The summed E-state index contributed by atoms with van der Waals surface area (Å²) in [5, 5.41) is 9.41. The Balaban J connectivity index is 2.26. The second kappa shape index (κ2) is 7.65. The van der Waals surface area contributed by atoms with Gasteiger partial charge in [0.1, 0.15) is 5.75 Å². The normalized spacial score (nSPS) is 17.4. The van der Waals surface area contributed by atoms with Crippen LogP contribution < -0.4 is 4.74 Å². The van der Waals surface area contributed by atoms with Gasteiger partial charge in [-0.05, 0) is 69.0 Å². The smallest absolute Gasteiger partial charge is 0.119 e. The standard InChI is InChI=1S/C17H27NO2/c1-3-14-13-15(20-4-2)7-8-16(14)17(9-12-19)18-10-5-6-11-18/h7-8,13,17,19H,3-6,9-12H2,1-2H3. The maximum absolute atomic E-state index is 9.41. The molecule has 3 nitrogen and oxygen atoms in total. The lowest BCUT2D eigenvalue weighted by Gasteiger charge is -2.29. The summed E-state index contributed by atoms with van der Waals surface area (Å²) in [6.07, 6.45) is 4.38. The van der Waals surface area contributed by atoms with Gasteiger partial charge in [-0.2, -0.15) is 0 Å². The van der Waals surface area contributed by atoms with Gasteiger partial charge in [0.25, 0.3) is 0 Å². The highest BCUT2D eigenvalue weighted by Crippen LogP contribution is 2.32. The van der Waals surface area contributed by atoms with Crippen molar-refractivity contribution in [2.75, 3.05) is 26.3 Å². The van der Waals surface area contributed by atoms with Gasteiger partial charge in [0, 0.05) is 12.6 Å². The Bertz CT molecular complexity index is 413. The fraction of sp³-hybridized carbons (Fsp3) is 0.647. The predicted molar refractivity (Wildman–Crippen MR) is 82.2 cm³/mol. The fourth-order valence-corrected chi connectivity index (χ4v) is 3.18. The summed E-state index contributed by atoms with van der Waals surface area (Å²) >= 11 is 0. The average Bonchev–Trinajstić information content (AvgIpc) is 2.99. The summed E-state index contributed by atoms with van der Waals surface area (Å²) < 4.78 is 5.61. The number of nitrogens with zero attached hydrogens (tertiary/aromatic N) is 1. The number of benzene rings is 1. The zero-order valence-electron chi connectivity index (χ0n) is 12.8. The Morgan fingerprint density at radius 3 is 2.60 bits per heavy atom. The molecule has 1 fully saturated rings. The molecule has 112 valence electrons. The topological polar surface area (TPSA) is 32.7 Å². The van der Waals surface area contributed by atoms with Gasteiger partial charge in [0.15, 0.2) is 0 Å². The van der Waals surface area contributed by atoms with E-state index < -0.39 is 0 Å². The Kier molecular flexibility index (Phi) is 5.86. The van der Waals surface area contributed by atoms with Gasteiger partial charge in [0.2, 0.25) is 0 Å². The van der Waals surface area contributed by atoms with Crippen molar-refractivity contribution in [1.82, 2.24) is 4.90 Å². The number of hydrogen-bond acceptors (Lipinski definition) is 3. The number of aliphatic hydroxyl groups excluding tert-OH is 1. The lowest BCUT2D eigenvalue weighted by atomic mass is 9.95. The van der Waals surface area contributed by atoms with E-state index in [0.29, 0.717) is 12.6 Å². The van der Waals surface area contributed by atoms with Crippen LogP contribution in [0.15, 0.2) is 18.2 Å². The maximum atomic E-state index is 9.41. The molecule has 2 rings (SSSR count). The first-order valence-electron chi connectivity index (χ1n) is 7.90. The highest BCUT2D eigenvalue weighted by molar-refractivity contribution is 5.38. The van der Waals surface area contributed by atoms with Crippen molar-refractivity contribution in [2.45, 2.75) is 45.6 Å². The van der Waals surface area contributed by atoms with Gasteiger partial charge >= 0.3 is 0 Å². The van der Waals surface area contributed by atoms with Crippen molar-refractivity contribution < 1.29 is 9.84 Å². The van der Waals surface area contributed by atoms with Crippen LogP contribution >= 0.6 is 0 Å². The summed E-state index contributed by atoms with van der Waals surface area (Å²) in [5.74, 6) is 0.956. The lowest BCUT2D eigenvalue weighted by molar-refractivity contribution is 0.184. The minimum atomic E-state index is 0.248. The minimum Gasteiger partial charge on any atom is -0.494 e. The van der Waals surface area contributed by atoms with E-state index in [-0.39, 0.29) is 6.61 Å². The zero-order chi connectivity index (χ0) is 14.4. The van der Waals surface area contributed by atoms with E-state index in [2.05, 4.69) is 30.0 Å². The summed E-state index contributed by atoms with van der Waals surface area (Å²) in [6, 6.07) is 6.79. The van der Waals surface area contributed by atoms with Crippen molar-refractivity contribution in [3.05, 3.63) is 29.3 Å². The summed E-state index contributed by atoms with van der Waals surface area (Å²) in [6.45, 7) is 7.46. The van der Waals surface area contributed by atoms with E-state index in [0.717, 1.165) is 31.7 Å². The first-order valence-corrected chi connectivity index (χ1v) is 7.90. The maximum Gasteiger partial charge on any atom is 0.119 e. The molecule has 0 amide bonds. The van der Waals surface area contributed by atoms with Crippen molar-refractivity contribution in [2.24, 2.45) is 0 Å². The van der Waals surface area contributed by atoms with Crippen molar-refractivity contribution in [3.8, 4) is 5.75 Å². The number of rotatable bonds is 7. The zero-order valence-corrected chi connectivity index (χ0v) is 12.8. The molecule has 0 saturated carbocycles. The summed E-state index contributed by atoms with van der Waals surface area (Å²) in [5.41, 5.74) is 2.72. The van der Waals surface area contributed by atoms with Crippen LogP contribution in [0, 0.1) is 0 Å². The van der Waals surface area contributed by atoms with E-state index in [1.165, 1.54) is 24.0 Å². The Morgan fingerprint density at radius 1 is 1.25 bits per heavy atom. The summed E-state index contributed by atoms with van der Waals surface area (Å²) in [4.78, 5) is 2.52. The molecule has 0 aliphatic carbocycles. The quantitative estimate of drug-likeness (QED) is 0.831. The molecule has 1 unspecified atom stereocenters. The van der Waals surface area contributed by atoms with Crippen molar-refractivity contribution in [1.29, 1.82) is 0 Å². The number of hydrogen-bond donors (Lipinski definition) is 1. The fourth-order valence-electron chi connectivity index (χ4n) is 3.18. The molecule has 0 radical (unpaired) electrons. The van der Waals surface area contributed by atoms with E-state index in [9.17, 15) is 5.11 Å². The van der Waals surface area contributed by atoms with E-state index in [1.807, 2.05) is 6.92 Å². The molecule has 0 spiro atoms. The van der Waals surface area contributed by atoms with Crippen LogP contribution in [0.4, 0.5) is 0 Å². The minimum absolute atomic E-state index is 0.248. The third-order valence-electron chi connectivity index (χ3n) is 4.15. The second-order valence-corrected chi connectivity index (χ2v) is 5.42. The highest BCUT2D eigenvalue weighted by Gasteiger charge is 2.24. The van der Waals surface area contributed by atoms with Gasteiger partial charge < -0.3 is 9.84 Å². The van der Waals surface area contributed by atoms with Gasteiger partial charge in [-0.1, -0.05) is 13.0 Å². The van der Waals surface area contributed by atoms with E-state index in [4.69, 9.17) is 4.74 Å².